The van der Waals surface area contributed by atoms with Crippen LogP contribution >= 0.6 is 0 Å². The average Bonchev–Trinajstić information content (AvgIpc) is 2.89. The predicted molar refractivity (Wildman–Crippen MR) is 94.8 cm³/mol. The zero-order valence-electron chi connectivity index (χ0n) is 14.7. The molecule has 2 N–H and O–H groups in total. The van der Waals surface area contributed by atoms with Crippen LogP contribution in [0.5, 0.6) is 0 Å². The van der Waals surface area contributed by atoms with Gasteiger partial charge in [-0.3, -0.25) is 9.59 Å². The summed E-state index contributed by atoms with van der Waals surface area (Å²) >= 11 is 0. The van der Waals surface area contributed by atoms with E-state index in [1.807, 2.05) is 51.0 Å². The number of imidazole rings is 1. The molecule has 7 heteroatoms. The topological polar surface area (TPSA) is 79.3 Å². The number of likely N-dealkylation sites (N-methyl/N-ethyl adjacent to an activating group) is 1. The number of amides is 2. The maximum atomic E-state index is 12.0. The molecule has 130 valence electrons. The van der Waals surface area contributed by atoms with Crippen LogP contribution in [0.15, 0.2) is 24.5 Å². The number of fused-ring (bicyclic) bond motifs is 1. The van der Waals surface area contributed by atoms with E-state index in [2.05, 4.69) is 15.6 Å². The molecule has 1 aromatic heterocycles. The van der Waals surface area contributed by atoms with Crippen molar-refractivity contribution < 1.29 is 9.59 Å². The summed E-state index contributed by atoms with van der Waals surface area (Å²) in [6.07, 6.45) is 1.64. The van der Waals surface area contributed by atoms with Crippen LogP contribution < -0.4 is 10.6 Å². The molecule has 0 saturated heterocycles. The summed E-state index contributed by atoms with van der Waals surface area (Å²) in [5, 5.41) is 5.73. The zero-order valence-corrected chi connectivity index (χ0v) is 14.7. The highest BCUT2D eigenvalue weighted by atomic mass is 16.2. The lowest BCUT2D eigenvalue weighted by atomic mass is 10.2. The molecule has 0 fully saturated rings. The fraction of sp³-hybridized carbons (Fsp3) is 0.471. The highest BCUT2D eigenvalue weighted by Crippen LogP contribution is 2.18. The summed E-state index contributed by atoms with van der Waals surface area (Å²) in [7, 11) is 3.93. The van der Waals surface area contributed by atoms with Crippen LogP contribution in [0.25, 0.3) is 11.0 Å². The van der Waals surface area contributed by atoms with Gasteiger partial charge in [0.1, 0.15) is 6.54 Å². The minimum Gasteiger partial charge on any atom is -0.353 e. The smallest absolute Gasteiger partial charge is 0.240 e. The fourth-order valence-corrected chi connectivity index (χ4v) is 2.18. The second-order valence-electron chi connectivity index (χ2n) is 6.37. The zero-order chi connectivity index (χ0) is 17.7. The maximum Gasteiger partial charge on any atom is 0.240 e. The molecule has 0 unspecified atom stereocenters. The second-order valence-corrected chi connectivity index (χ2v) is 6.37. The number of nitrogens with zero attached hydrogens (tertiary/aromatic N) is 3. The average molecular weight is 331 g/mol. The van der Waals surface area contributed by atoms with Crippen LogP contribution in [-0.2, 0) is 16.1 Å². The minimum atomic E-state index is -0.0795. The Morgan fingerprint density at radius 2 is 2.04 bits per heavy atom. The third-order valence-electron chi connectivity index (χ3n) is 3.61. The lowest BCUT2D eigenvalue weighted by Crippen LogP contribution is -2.33. The van der Waals surface area contributed by atoms with Crippen molar-refractivity contribution in [1.29, 1.82) is 0 Å². The quantitative estimate of drug-likeness (QED) is 0.802. The molecule has 24 heavy (non-hydrogen) atoms. The van der Waals surface area contributed by atoms with Gasteiger partial charge in [-0.05, 0) is 32.3 Å². The van der Waals surface area contributed by atoms with E-state index in [4.69, 9.17) is 0 Å². The Morgan fingerprint density at radius 1 is 1.29 bits per heavy atom. The van der Waals surface area contributed by atoms with Gasteiger partial charge in [0.05, 0.1) is 17.4 Å². The third-order valence-corrected chi connectivity index (χ3v) is 3.61. The van der Waals surface area contributed by atoms with Gasteiger partial charge in [0.25, 0.3) is 0 Å². The Balaban J connectivity index is 2.02. The molecule has 0 bridgehead atoms. The van der Waals surface area contributed by atoms with Crippen molar-refractivity contribution in [3.05, 3.63) is 24.5 Å². The summed E-state index contributed by atoms with van der Waals surface area (Å²) in [5.74, 6) is -0.161. The Hall–Kier alpha value is -2.41. The summed E-state index contributed by atoms with van der Waals surface area (Å²) in [6.45, 7) is 5.33. The van der Waals surface area contributed by atoms with E-state index < -0.39 is 0 Å². The number of benzene rings is 1. The van der Waals surface area contributed by atoms with Crippen molar-refractivity contribution in [1.82, 2.24) is 19.8 Å². The van der Waals surface area contributed by atoms with Gasteiger partial charge in [0.2, 0.25) is 11.8 Å². The van der Waals surface area contributed by atoms with Gasteiger partial charge in [0.15, 0.2) is 0 Å². The van der Waals surface area contributed by atoms with Gasteiger partial charge < -0.3 is 20.1 Å². The number of anilines is 1. The summed E-state index contributed by atoms with van der Waals surface area (Å²) in [5.41, 5.74) is 2.32. The Labute approximate surface area is 142 Å². The van der Waals surface area contributed by atoms with Crippen LogP contribution in [0.2, 0.25) is 0 Å². The molecule has 1 heterocycles. The van der Waals surface area contributed by atoms with Gasteiger partial charge in [0, 0.05) is 24.7 Å². The lowest BCUT2D eigenvalue weighted by Gasteiger charge is -2.11. The molecule has 0 aliphatic heterocycles. The number of rotatable bonds is 7. The van der Waals surface area contributed by atoms with Crippen LogP contribution in [0.3, 0.4) is 0 Å². The molecule has 7 nitrogen and oxygen atoms in total. The van der Waals surface area contributed by atoms with Crippen LogP contribution in [0, 0.1) is 5.92 Å². The minimum absolute atomic E-state index is 0.0333. The Kier molecular flexibility index (Phi) is 5.92. The first kappa shape index (κ1) is 17.9. The molecule has 0 spiro atoms. The fourth-order valence-electron chi connectivity index (χ4n) is 2.18. The standard InChI is InChI=1S/C17H25N5O2/c1-12(2)17(24)20-13-5-6-15-14(9-13)19-11-22(15)10-16(23)18-7-8-21(3)4/h5-6,9,11-12H,7-8,10H2,1-4H3,(H,18,23)(H,20,24). The number of aromatic nitrogens is 2. The van der Waals surface area contributed by atoms with Gasteiger partial charge in [-0.1, -0.05) is 13.8 Å². The maximum absolute atomic E-state index is 12.0. The molecule has 2 amide bonds. The van der Waals surface area contributed by atoms with Crippen molar-refractivity contribution in [2.45, 2.75) is 20.4 Å². The molecule has 0 radical (unpaired) electrons. The lowest BCUT2D eigenvalue weighted by molar-refractivity contribution is -0.121. The molecule has 1 aromatic carbocycles. The van der Waals surface area contributed by atoms with Crippen LogP contribution in [0.4, 0.5) is 5.69 Å². The van der Waals surface area contributed by atoms with E-state index in [-0.39, 0.29) is 24.3 Å². The first-order chi connectivity index (χ1) is 11.4. The molecule has 2 aromatic rings. The van der Waals surface area contributed by atoms with Crippen molar-refractivity contribution >= 4 is 28.5 Å². The first-order valence-corrected chi connectivity index (χ1v) is 8.04. The van der Waals surface area contributed by atoms with Gasteiger partial charge in [-0.25, -0.2) is 4.98 Å². The van der Waals surface area contributed by atoms with Crippen molar-refractivity contribution in [3.8, 4) is 0 Å². The number of carbonyl (C=O) groups is 2. The number of hydrogen-bond donors (Lipinski definition) is 2. The van der Waals surface area contributed by atoms with Crippen molar-refractivity contribution in [3.63, 3.8) is 0 Å². The van der Waals surface area contributed by atoms with E-state index in [0.29, 0.717) is 12.2 Å². The highest BCUT2D eigenvalue weighted by Gasteiger charge is 2.10. The first-order valence-electron chi connectivity index (χ1n) is 8.04. The highest BCUT2D eigenvalue weighted by molar-refractivity contribution is 5.94. The van der Waals surface area contributed by atoms with E-state index in [0.717, 1.165) is 17.6 Å². The number of nitrogens with one attached hydrogen (secondary N) is 2. The van der Waals surface area contributed by atoms with E-state index in [9.17, 15) is 9.59 Å². The SMILES string of the molecule is CC(C)C(=O)Nc1ccc2c(c1)ncn2CC(=O)NCCN(C)C. The summed E-state index contributed by atoms with van der Waals surface area (Å²) in [4.78, 5) is 30.1. The molecule has 0 atom stereocenters. The predicted octanol–water partition coefficient (Wildman–Crippen LogP) is 1.31. The van der Waals surface area contributed by atoms with Crippen LogP contribution in [0.1, 0.15) is 13.8 Å². The normalized spacial score (nSPS) is 11.2. The number of carbonyl (C=O) groups excluding carboxylic acids is 2. The third kappa shape index (κ3) is 4.79. The van der Waals surface area contributed by atoms with Crippen LogP contribution in [-0.4, -0.2) is 53.5 Å². The largest absolute Gasteiger partial charge is 0.353 e. The van der Waals surface area contributed by atoms with Crippen molar-refractivity contribution in [2.75, 3.05) is 32.5 Å². The molecule has 2 rings (SSSR count). The van der Waals surface area contributed by atoms with Gasteiger partial charge >= 0.3 is 0 Å². The molecule has 0 aliphatic carbocycles. The summed E-state index contributed by atoms with van der Waals surface area (Å²) < 4.78 is 1.80. The Bertz CT molecular complexity index is 721. The van der Waals surface area contributed by atoms with Crippen molar-refractivity contribution in [2.24, 2.45) is 5.92 Å². The Morgan fingerprint density at radius 3 is 2.71 bits per heavy atom. The summed E-state index contributed by atoms with van der Waals surface area (Å²) in [6, 6.07) is 5.51. The van der Waals surface area contributed by atoms with E-state index >= 15 is 0 Å². The van der Waals surface area contributed by atoms with E-state index in [1.165, 1.54) is 0 Å². The van der Waals surface area contributed by atoms with E-state index in [1.54, 1.807) is 10.9 Å². The van der Waals surface area contributed by atoms with Gasteiger partial charge in [-0.2, -0.15) is 0 Å². The second kappa shape index (κ2) is 7.92. The molecule has 0 aliphatic rings. The molecule has 0 saturated carbocycles. The monoisotopic (exact) mass is 331 g/mol. The molecular formula is C17H25N5O2. The van der Waals surface area contributed by atoms with Gasteiger partial charge in [-0.15, -0.1) is 0 Å². The number of hydrogen-bond acceptors (Lipinski definition) is 4. The molecular weight excluding hydrogens is 306 g/mol.